The quantitative estimate of drug-likeness (QED) is 0.504. The van der Waals surface area contributed by atoms with E-state index in [0.29, 0.717) is 39.6 Å². The van der Waals surface area contributed by atoms with Crippen molar-refractivity contribution in [1.29, 1.82) is 0 Å². The molecule has 1 radical (unpaired) electrons. The fraction of sp³-hybridized carbons (Fsp3) is 1.00. The van der Waals surface area contributed by atoms with Crippen molar-refractivity contribution in [3.05, 3.63) is 0 Å². The average Bonchev–Trinajstić information content (AvgIpc) is 2.42. The van der Waals surface area contributed by atoms with Crippen molar-refractivity contribution in [2.24, 2.45) is 0 Å². The molecule has 0 aliphatic carbocycles. The van der Waals surface area contributed by atoms with Crippen LogP contribution in [0.5, 0.6) is 0 Å². The largest absolute Gasteiger partial charge is 0.394 e. The zero-order valence-electron chi connectivity index (χ0n) is 12.5. The van der Waals surface area contributed by atoms with Crippen molar-refractivity contribution in [3.8, 4) is 0 Å². The van der Waals surface area contributed by atoms with Gasteiger partial charge in [-0.05, 0) is 20.8 Å². The van der Waals surface area contributed by atoms with Gasteiger partial charge in [0.15, 0.2) is 0 Å². The Labute approximate surface area is 142 Å². The molecule has 0 saturated carbocycles. The van der Waals surface area contributed by atoms with Gasteiger partial charge in [0.05, 0.1) is 39.6 Å². The second kappa shape index (κ2) is 36.4. The third-order valence-corrected chi connectivity index (χ3v) is 1.32. The Bertz CT molecular complexity index is 77.2. The molecular weight excluding hydrogens is 329 g/mol. The van der Waals surface area contributed by atoms with Crippen LogP contribution < -0.4 is 0 Å². The van der Waals surface area contributed by atoms with Crippen LogP contribution in [-0.2, 0) is 46.9 Å². The molecule has 0 saturated heterocycles. The summed E-state index contributed by atoms with van der Waals surface area (Å²) >= 11 is 0. The van der Waals surface area contributed by atoms with Gasteiger partial charge < -0.3 is 29.5 Å². The summed E-state index contributed by atoms with van der Waals surface area (Å²) in [7, 11) is 0. The standard InChI is InChI=1S/3C4H10O2.Y/c3*1-2-6-4-3-5;/h3*5H,2-4H2,1H3;. The molecule has 0 amide bonds. The molecule has 0 bridgehead atoms. The monoisotopic (exact) mass is 359 g/mol. The molecule has 0 fully saturated rings. The van der Waals surface area contributed by atoms with Crippen LogP contribution in [0.4, 0.5) is 0 Å². The summed E-state index contributed by atoms with van der Waals surface area (Å²) in [6, 6.07) is 0. The molecule has 3 N–H and O–H groups in total. The molecule has 6 nitrogen and oxygen atoms in total. The van der Waals surface area contributed by atoms with E-state index in [4.69, 9.17) is 29.5 Å². The number of aliphatic hydroxyl groups excluding tert-OH is 3. The molecule has 0 aromatic rings. The van der Waals surface area contributed by atoms with Crippen LogP contribution in [0.1, 0.15) is 20.8 Å². The van der Waals surface area contributed by atoms with Gasteiger partial charge >= 0.3 is 0 Å². The zero-order valence-corrected chi connectivity index (χ0v) is 15.3. The van der Waals surface area contributed by atoms with Gasteiger partial charge in [-0.1, -0.05) is 0 Å². The van der Waals surface area contributed by atoms with Gasteiger partial charge in [0.1, 0.15) is 0 Å². The number of ether oxygens (including phenoxy) is 3. The summed E-state index contributed by atoms with van der Waals surface area (Å²) in [5, 5.41) is 24.2. The molecule has 0 unspecified atom stereocenters. The molecule has 0 spiro atoms. The van der Waals surface area contributed by atoms with E-state index in [1.165, 1.54) is 0 Å². The van der Waals surface area contributed by atoms with E-state index in [1.807, 2.05) is 20.8 Å². The van der Waals surface area contributed by atoms with Gasteiger partial charge in [0.25, 0.3) is 0 Å². The molecule has 0 aromatic heterocycles. The number of hydrogen-bond acceptors (Lipinski definition) is 6. The van der Waals surface area contributed by atoms with Crippen LogP contribution >= 0.6 is 0 Å². The molecular formula is C12H30O6Y. The van der Waals surface area contributed by atoms with Crippen LogP contribution in [0.25, 0.3) is 0 Å². The predicted molar refractivity (Wildman–Crippen MR) is 70.7 cm³/mol. The Morgan fingerprint density at radius 1 is 0.579 bits per heavy atom. The van der Waals surface area contributed by atoms with Gasteiger partial charge in [-0.3, -0.25) is 0 Å². The minimum absolute atomic E-state index is 0. The van der Waals surface area contributed by atoms with E-state index < -0.39 is 0 Å². The Morgan fingerprint density at radius 2 is 0.789 bits per heavy atom. The molecule has 0 aliphatic heterocycles. The van der Waals surface area contributed by atoms with Gasteiger partial charge in [-0.25, -0.2) is 0 Å². The topological polar surface area (TPSA) is 88.4 Å². The van der Waals surface area contributed by atoms with E-state index in [0.717, 1.165) is 0 Å². The number of aliphatic hydroxyl groups is 3. The van der Waals surface area contributed by atoms with Crippen molar-refractivity contribution >= 4 is 0 Å². The molecule has 19 heavy (non-hydrogen) atoms. The van der Waals surface area contributed by atoms with Crippen molar-refractivity contribution in [2.75, 3.05) is 59.5 Å². The summed E-state index contributed by atoms with van der Waals surface area (Å²) in [5.41, 5.74) is 0. The van der Waals surface area contributed by atoms with Crippen LogP contribution in [0.15, 0.2) is 0 Å². The molecule has 117 valence electrons. The smallest absolute Gasteiger partial charge is 0.0697 e. The van der Waals surface area contributed by atoms with Crippen LogP contribution in [0.3, 0.4) is 0 Å². The second-order valence-corrected chi connectivity index (χ2v) is 2.76. The first-order valence-corrected chi connectivity index (χ1v) is 6.30. The van der Waals surface area contributed by atoms with Gasteiger partial charge in [-0.2, -0.15) is 0 Å². The Balaban J connectivity index is -0.0000000865. The van der Waals surface area contributed by atoms with Crippen LogP contribution in [-0.4, -0.2) is 74.8 Å². The average molecular weight is 359 g/mol. The van der Waals surface area contributed by atoms with E-state index in [9.17, 15) is 0 Å². The molecule has 0 atom stereocenters. The number of hydrogen-bond donors (Lipinski definition) is 3. The summed E-state index contributed by atoms with van der Waals surface area (Å²) in [6.07, 6.45) is 0. The minimum Gasteiger partial charge on any atom is -0.394 e. The normalized spacial score (nSPS) is 8.53. The molecule has 0 heterocycles. The van der Waals surface area contributed by atoms with Gasteiger partial charge in [-0.15, -0.1) is 0 Å². The maximum Gasteiger partial charge on any atom is 0.0697 e. The molecule has 0 aliphatic rings. The van der Waals surface area contributed by atoms with Gasteiger partial charge in [0.2, 0.25) is 0 Å². The summed E-state index contributed by atoms with van der Waals surface area (Å²) < 4.78 is 14.2. The SMILES string of the molecule is CCOCCO.CCOCCO.CCOCCO.[Y]. The molecule has 7 heteroatoms. The molecule has 0 aromatic carbocycles. The fourth-order valence-corrected chi connectivity index (χ4v) is 0.627. The van der Waals surface area contributed by atoms with E-state index >= 15 is 0 Å². The molecule has 0 rings (SSSR count). The first-order valence-electron chi connectivity index (χ1n) is 6.30. The number of rotatable bonds is 9. The van der Waals surface area contributed by atoms with Crippen molar-refractivity contribution in [2.45, 2.75) is 20.8 Å². The van der Waals surface area contributed by atoms with Crippen LogP contribution in [0.2, 0.25) is 0 Å². The second-order valence-electron chi connectivity index (χ2n) is 2.76. The van der Waals surface area contributed by atoms with E-state index in [2.05, 4.69) is 0 Å². The van der Waals surface area contributed by atoms with Crippen molar-refractivity contribution in [3.63, 3.8) is 0 Å². The summed E-state index contributed by atoms with van der Waals surface area (Å²) in [4.78, 5) is 0. The summed E-state index contributed by atoms with van der Waals surface area (Å²) in [6.45, 7) is 9.59. The zero-order chi connectivity index (χ0) is 14.5. The first kappa shape index (κ1) is 28.1. The van der Waals surface area contributed by atoms with Crippen molar-refractivity contribution < 1.29 is 62.2 Å². The van der Waals surface area contributed by atoms with Crippen LogP contribution in [0, 0.1) is 0 Å². The Hall–Kier alpha value is 0.864. The minimum atomic E-state index is 0. The van der Waals surface area contributed by atoms with E-state index in [1.54, 1.807) is 0 Å². The fourth-order valence-electron chi connectivity index (χ4n) is 0.627. The Morgan fingerprint density at radius 3 is 0.842 bits per heavy atom. The first-order chi connectivity index (χ1) is 8.74. The predicted octanol–water partition coefficient (Wildman–Crippen LogP) is 0.0431. The summed E-state index contributed by atoms with van der Waals surface area (Å²) in [5.74, 6) is 0. The Kier molecular flexibility index (Phi) is 53.8. The van der Waals surface area contributed by atoms with Crippen molar-refractivity contribution in [1.82, 2.24) is 0 Å². The third-order valence-electron chi connectivity index (χ3n) is 1.32. The maximum atomic E-state index is 8.07. The van der Waals surface area contributed by atoms with E-state index in [-0.39, 0.29) is 52.5 Å². The van der Waals surface area contributed by atoms with Gasteiger partial charge in [0, 0.05) is 52.5 Å². The maximum absolute atomic E-state index is 8.07. The third kappa shape index (κ3) is 55.1.